The van der Waals surface area contributed by atoms with Crippen LogP contribution in [-0.2, 0) is 14.3 Å². The number of alkyl halides is 1. The van der Waals surface area contributed by atoms with Crippen molar-refractivity contribution in [1.29, 1.82) is 0 Å². The Labute approximate surface area is 203 Å². The van der Waals surface area contributed by atoms with E-state index in [0.29, 0.717) is 36.6 Å². The molecule has 5 aliphatic rings. The highest BCUT2D eigenvalue weighted by atomic mass is 35.5. The van der Waals surface area contributed by atoms with Crippen molar-refractivity contribution in [3.8, 4) is 0 Å². The van der Waals surface area contributed by atoms with Gasteiger partial charge in [-0.15, -0.1) is 11.6 Å². The van der Waals surface area contributed by atoms with Gasteiger partial charge in [0.2, 0.25) is 0 Å². The Morgan fingerprint density at radius 3 is 2.61 bits per heavy atom. The van der Waals surface area contributed by atoms with Crippen LogP contribution in [0.4, 0.5) is 0 Å². The molecule has 186 valence electrons. The van der Waals surface area contributed by atoms with Crippen molar-refractivity contribution in [3.63, 3.8) is 0 Å². The van der Waals surface area contributed by atoms with Crippen molar-refractivity contribution in [2.24, 2.45) is 40.4 Å². The third-order valence-electron chi connectivity index (χ3n) is 10.8. The Hall–Kier alpha value is -0.490. The van der Waals surface area contributed by atoms with Gasteiger partial charge in [0.25, 0.3) is 0 Å². The fourth-order valence-electron chi connectivity index (χ4n) is 9.43. The summed E-state index contributed by atoms with van der Waals surface area (Å²) in [6.07, 6.45) is 5.93. The van der Waals surface area contributed by atoms with Crippen molar-refractivity contribution in [1.82, 2.24) is 4.90 Å². The number of aliphatic hydroxyl groups is 1. The summed E-state index contributed by atoms with van der Waals surface area (Å²) < 4.78 is 5.94. The molecule has 0 bridgehead atoms. The van der Waals surface area contributed by atoms with Gasteiger partial charge in [0.1, 0.15) is 5.78 Å². The molecule has 6 heteroatoms. The number of carbonyl (C=O) groups is 2. The molecule has 0 aromatic heterocycles. The lowest BCUT2D eigenvalue weighted by Gasteiger charge is -2.62. The summed E-state index contributed by atoms with van der Waals surface area (Å²) in [4.78, 5) is 29.0. The lowest BCUT2D eigenvalue weighted by atomic mass is 9.43. The van der Waals surface area contributed by atoms with E-state index in [-0.39, 0.29) is 52.1 Å². The Balaban J connectivity index is 1.43. The molecule has 5 rings (SSSR count). The molecular weight excluding hydrogens is 438 g/mol. The molecule has 1 saturated heterocycles. The first kappa shape index (κ1) is 24.2. The Morgan fingerprint density at radius 2 is 1.91 bits per heavy atom. The second-order valence-electron chi connectivity index (χ2n) is 13.1. The van der Waals surface area contributed by atoms with E-state index in [4.69, 9.17) is 16.3 Å². The first-order valence-electron chi connectivity index (χ1n) is 13.2. The first-order valence-corrected chi connectivity index (χ1v) is 13.7. The summed E-state index contributed by atoms with van der Waals surface area (Å²) in [6.45, 7) is 11.2. The van der Waals surface area contributed by atoms with Crippen LogP contribution in [0.2, 0.25) is 0 Å². The van der Waals surface area contributed by atoms with Crippen LogP contribution in [0.25, 0.3) is 0 Å². The number of hydrogen-bond donors (Lipinski definition) is 1. The molecule has 4 aliphatic carbocycles. The van der Waals surface area contributed by atoms with Crippen LogP contribution in [-0.4, -0.2) is 64.9 Å². The lowest BCUT2D eigenvalue weighted by molar-refractivity contribution is -0.177. The molecule has 3 unspecified atom stereocenters. The fourth-order valence-corrected chi connectivity index (χ4v) is 9.61. The molecule has 0 aromatic carbocycles. The number of rotatable bonds is 3. The fraction of sp³-hybridized carbons (Fsp3) is 0.926. The van der Waals surface area contributed by atoms with Crippen LogP contribution in [0.3, 0.4) is 0 Å². The smallest absolute Gasteiger partial charge is 0.151 e. The van der Waals surface area contributed by atoms with Crippen molar-refractivity contribution in [3.05, 3.63) is 0 Å². The highest BCUT2D eigenvalue weighted by molar-refractivity contribution is 6.28. The minimum atomic E-state index is -0.338. The summed E-state index contributed by atoms with van der Waals surface area (Å²) in [7, 11) is 0. The van der Waals surface area contributed by atoms with Crippen LogP contribution >= 0.6 is 11.6 Å². The SMILES string of the molecule is CC1(C)CN(C2C[C@@]3(C)C(CC[C@H]4[C@@H]5CC[C@H](C(=O)CCl)[C@@]5(C)CC(=O)[C@@H]43)CC2O)CCO1. The number of ketones is 2. The molecule has 0 amide bonds. The van der Waals surface area contributed by atoms with Gasteiger partial charge in [0.15, 0.2) is 5.78 Å². The van der Waals surface area contributed by atoms with Gasteiger partial charge in [-0.3, -0.25) is 14.5 Å². The van der Waals surface area contributed by atoms with Gasteiger partial charge in [0.05, 0.1) is 24.2 Å². The maximum atomic E-state index is 13.9. The van der Waals surface area contributed by atoms with E-state index in [1.165, 1.54) is 0 Å². The minimum absolute atomic E-state index is 0.0585. The Bertz CT molecular complexity index is 816. The number of halogens is 1. The number of carbonyl (C=O) groups excluding carboxylic acids is 2. The van der Waals surface area contributed by atoms with Gasteiger partial charge >= 0.3 is 0 Å². The average Bonchev–Trinajstić information content (AvgIpc) is 3.08. The molecule has 33 heavy (non-hydrogen) atoms. The maximum absolute atomic E-state index is 13.9. The molecular formula is C27H42ClNO4. The number of ether oxygens (including phenoxy) is 1. The highest BCUT2D eigenvalue weighted by Gasteiger charge is 2.65. The standard InChI is InChI=1S/C27H42ClNO4/c1-25(2)15-29(9-10-33-25)20-12-26(3)16(11-21(20)30)5-6-17-18-7-8-19(23(32)14-28)27(18,4)13-22(31)24(17)26/h16-21,24,30H,5-15H2,1-4H3/t16?,17-,18-,19+,20?,21?,24+,26-,27-/m0/s1. The van der Waals surface area contributed by atoms with Gasteiger partial charge in [-0.1, -0.05) is 13.8 Å². The number of Topliss-reactive ketones (excluding diaryl/α,β-unsaturated/α-hetero) is 2. The molecule has 0 aromatic rings. The second-order valence-corrected chi connectivity index (χ2v) is 13.3. The molecule has 1 heterocycles. The van der Waals surface area contributed by atoms with E-state index < -0.39 is 0 Å². The largest absolute Gasteiger partial charge is 0.391 e. The molecule has 1 N–H and O–H groups in total. The van der Waals surface area contributed by atoms with Gasteiger partial charge in [-0.05, 0) is 81.0 Å². The van der Waals surface area contributed by atoms with Gasteiger partial charge in [0, 0.05) is 37.4 Å². The molecule has 5 nitrogen and oxygen atoms in total. The quantitative estimate of drug-likeness (QED) is 0.618. The highest BCUT2D eigenvalue weighted by Crippen LogP contribution is 2.66. The minimum Gasteiger partial charge on any atom is -0.391 e. The predicted molar refractivity (Wildman–Crippen MR) is 128 cm³/mol. The number of nitrogens with zero attached hydrogens (tertiary/aromatic N) is 1. The van der Waals surface area contributed by atoms with Crippen LogP contribution in [0.5, 0.6) is 0 Å². The van der Waals surface area contributed by atoms with Crippen LogP contribution in [0.15, 0.2) is 0 Å². The zero-order valence-electron chi connectivity index (χ0n) is 20.8. The lowest BCUT2D eigenvalue weighted by Crippen LogP contribution is -2.64. The number of hydrogen-bond acceptors (Lipinski definition) is 5. The maximum Gasteiger partial charge on any atom is 0.151 e. The van der Waals surface area contributed by atoms with Gasteiger partial charge in [-0.25, -0.2) is 0 Å². The second kappa shape index (κ2) is 8.28. The molecule has 0 radical (unpaired) electrons. The summed E-state index contributed by atoms with van der Waals surface area (Å²) in [5.41, 5.74) is -0.515. The van der Waals surface area contributed by atoms with E-state index in [2.05, 4.69) is 32.6 Å². The molecule has 0 spiro atoms. The summed E-state index contributed by atoms with van der Waals surface area (Å²) >= 11 is 5.96. The van der Waals surface area contributed by atoms with Crippen molar-refractivity contribution in [2.45, 2.75) is 90.4 Å². The van der Waals surface area contributed by atoms with E-state index in [1.54, 1.807) is 0 Å². The van der Waals surface area contributed by atoms with E-state index in [1.807, 2.05) is 0 Å². The zero-order chi connectivity index (χ0) is 23.8. The van der Waals surface area contributed by atoms with Crippen LogP contribution in [0, 0.1) is 40.4 Å². The van der Waals surface area contributed by atoms with Gasteiger partial charge < -0.3 is 9.84 Å². The van der Waals surface area contributed by atoms with Gasteiger partial charge in [-0.2, -0.15) is 0 Å². The number of aliphatic hydroxyl groups excluding tert-OH is 1. The summed E-state index contributed by atoms with van der Waals surface area (Å²) in [5, 5.41) is 11.2. The topological polar surface area (TPSA) is 66.8 Å². The average molecular weight is 480 g/mol. The number of morpholine rings is 1. The van der Waals surface area contributed by atoms with Crippen LogP contribution < -0.4 is 0 Å². The van der Waals surface area contributed by atoms with Crippen molar-refractivity contribution < 1.29 is 19.4 Å². The van der Waals surface area contributed by atoms with E-state index in [9.17, 15) is 14.7 Å². The van der Waals surface area contributed by atoms with Crippen LogP contribution in [0.1, 0.15) is 72.6 Å². The molecule has 1 aliphatic heterocycles. The molecule has 4 saturated carbocycles. The number of fused-ring (bicyclic) bond motifs is 5. The van der Waals surface area contributed by atoms with Crippen molar-refractivity contribution in [2.75, 3.05) is 25.6 Å². The third kappa shape index (κ3) is 3.75. The normalized spacial score (nSPS) is 49.8. The summed E-state index contributed by atoms with van der Waals surface area (Å²) in [6, 6.07) is 0.0865. The van der Waals surface area contributed by atoms with Crippen molar-refractivity contribution >= 4 is 23.2 Å². The zero-order valence-corrected chi connectivity index (χ0v) is 21.6. The monoisotopic (exact) mass is 479 g/mol. The molecule has 5 fully saturated rings. The van der Waals surface area contributed by atoms with E-state index in [0.717, 1.165) is 51.6 Å². The Morgan fingerprint density at radius 1 is 1.15 bits per heavy atom. The predicted octanol–water partition coefficient (Wildman–Crippen LogP) is 4.08. The Kier molecular flexibility index (Phi) is 6.08. The van der Waals surface area contributed by atoms with E-state index >= 15 is 0 Å². The first-order chi connectivity index (χ1) is 15.5. The third-order valence-corrected chi connectivity index (χ3v) is 11.1. The molecule has 9 atom stereocenters. The summed E-state index contributed by atoms with van der Waals surface area (Å²) in [5.74, 6) is 1.75.